The van der Waals surface area contributed by atoms with Gasteiger partial charge in [0, 0.05) is 29.7 Å². The molecular weight excluding hydrogens is 383 g/mol. The molecule has 0 bridgehead atoms. The largest absolute Gasteiger partial charge is 0.421 e. The summed E-state index contributed by atoms with van der Waals surface area (Å²) in [5.41, 5.74) is 1.74. The lowest BCUT2D eigenvalue weighted by atomic mass is 9.95. The smallest absolute Gasteiger partial charge is 0.247 e. The first-order valence-corrected chi connectivity index (χ1v) is 10.1. The fraction of sp³-hybridized carbons (Fsp3) is 0.348. The number of rotatable bonds is 5. The minimum atomic E-state index is -0.402. The fourth-order valence-corrected chi connectivity index (χ4v) is 3.77. The van der Waals surface area contributed by atoms with Gasteiger partial charge in [0.1, 0.15) is 5.82 Å². The number of piperidine rings is 1. The summed E-state index contributed by atoms with van der Waals surface area (Å²) in [4.78, 5) is 17.3. The second-order valence-electron chi connectivity index (χ2n) is 7.77. The number of aryl methyl sites for hydroxylation is 1. The minimum absolute atomic E-state index is 0.0466. The van der Waals surface area contributed by atoms with E-state index >= 15 is 0 Å². The fourth-order valence-electron chi connectivity index (χ4n) is 3.77. The Kier molecular flexibility index (Phi) is 5.90. The molecule has 0 saturated carbocycles. The highest BCUT2D eigenvalue weighted by atomic mass is 19.1. The first-order chi connectivity index (χ1) is 14.5. The predicted molar refractivity (Wildman–Crippen MR) is 112 cm³/mol. The molecule has 1 saturated heterocycles. The summed E-state index contributed by atoms with van der Waals surface area (Å²) in [6.45, 7) is 3.65. The molecule has 0 spiro atoms. The van der Waals surface area contributed by atoms with Crippen molar-refractivity contribution in [1.29, 1.82) is 0 Å². The summed E-state index contributed by atoms with van der Waals surface area (Å²) in [6, 6.07) is 14.3. The third kappa shape index (κ3) is 4.41. The number of likely N-dealkylation sites (tertiary alicyclic amines) is 1. The normalized spacial score (nSPS) is 15.3. The molecule has 3 aromatic rings. The second kappa shape index (κ2) is 8.75. The minimum Gasteiger partial charge on any atom is -0.421 e. The number of carbonyl (C=O) groups is 1. The zero-order chi connectivity index (χ0) is 21.1. The molecule has 0 N–H and O–H groups in total. The standard InChI is InChI=1S/C23H25FN4O2/c1-16-25-26-22(30-16)18-8-9-19(21(24)14-18)15-28(20-6-4-3-5-7-20)23(29)17-10-12-27(2)13-11-17/h3-9,14,17H,10-13,15H2,1-2H3. The molecule has 2 aromatic carbocycles. The Morgan fingerprint density at radius 3 is 2.53 bits per heavy atom. The Labute approximate surface area is 175 Å². The molecule has 0 unspecified atom stereocenters. The van der Waals surface area contributed by atoms with Crippen molar-refractivity contribution in [1.82, 2.24) is 15.1 Å². The van der Waals surface area contributed by atoms with E-state index in [-0.39, 0.29) is 24.3 Å². The van der Waals surface area contributed by atoms with Gasteiger partial charge in [-0.15, -0.1) is 10.2 Å². The second-order valence-corrected chi connectivity index (χ2v) is 7.77. The molecule has 2 heterocycles. The van der Waals surface area contributed by atoms with Crippen molar-refractivity contribution in [3.63, 3.8) is 0 Å². The van der Waals surface area contributed by atoms with Gasteiger partial charge in [0.25, 0.3) is 0 Å². The van der Waals surface area contributed by atoms with Crippen LogP contribution in [0.2, 0.25) is 0 Å². The van der Waals surface area contributed by atoms with Crippen LogP contribution in [0.25, 0.3) is 11.5 Å². The van der Waals surface area contributed by atoms with Gasteiger partial charge in [0.05, 0.1) is 6.54 Å². The molecule has 0 aliphatic carbocycles. The van der Waals surface area contributed by atoms with Gasteiger partial charge in [-0.2, -0.15) is 0 Å². The van der Waals surface area contributed by atoms with Gasteiger partial charge >= 0.3 is 0 Å². The Bertz CT molecular complexity index is 1010. The van der Waals surface area contributed by atoms with Crippen LogP contribution in [0, 0.1) is 18.7 Å². The summed E-state index contributed by atoms with van der Waals surface area (Å²) in [6.07, 6.45) is 1.63. The lowest BCUT2D eigenvalue weighted by Gasteiger charge is -2.32. The SMILES string of the molecule is Cc1nnc(-c2ccc(CN(C(=O)C3CCN(C)CC3)c3ccccc3)c(F)c2)o1. The Balaban J connectivity index is 1.59. The van der Waals surface area contributed by atoms with Crippen LogP contribution in [0.5, 0.6) is 0 Å². The average Bonchev–Trinajstić information content (AvgIpc) is 3.20. The van der Waals surface area contributed by atoms with Crippen LogP contribution >= 0.6 is 0 Å². The molecule has 156 valence electrons. The molecule has 0 radical (unpaired) electrons. The monoisotopic (exact) mass is 408 g/mol. The van der Waals surface area contributed by atoms with Gasteiger partial charge in [-0.25, -0.2) is 4.39 Å². The van der Waals surface area contributed by atoms with Crippen LogP contribution < -0.4 is 4.90 Å². The molecule has 1 aromatic heterocycles. The average molecular weight is 408 g/mol. The van der Waals surface area contributed by atoms with Crippen LogP contribution in [0.3, 0.4) is 0 Å². The highest BCUT2D eigenvalue weighted by Crippen LogP contribution is 2.27. The molecule has 7 heteroatoms. The maximum Gasteiger partial charge on any atom is 0.247 e. The van der Waals surface area contributed by atoms with E-state index in [1.807, 2.05) is 30.3 Å². The van der Waals surface area contributed by atoms with Crippen LogP contribution in [-0.2, 0) is 11.3 Å². The van der Waals surface area contributed by atoms with Gasteiger partial charge in [0.15, 0.2) is 0 Å². The van der Waals surface area contributed by atoms with E-state index in [4.69, 9.17) is 4.42 Å². The molecule has 1 fully saturated rings. The van der Waals surface area contributed by atoms with E-state index in [9.17, 15) is 9.18 Å². The number of benzene rings is 2. The highest BCUT2D eigenvalue weighted by molar-refractivity contribution is 5.95. The van der Waals surface area contributed by atoms with Gasteiger partial charge < -0.3 is 14.2 Å². The number of anilines is 1. The van der Waals surface area contributed by atoms with Crippen LogP contribution in [0.1, 0.15) is 24.3 Å². The van der Waals surface area contributed by atoms with Crippen LogP contribution in [0.4, 0.5) is 10.1 Å². The highest BCUT2D eigenvalue weighted by Gasteiger charge is 2.29. The van der Waals surface area contributed by atoms with Crippen LogP contribution in [0.15, 0.2) is 52.9 Å². The number of hydrogen-bond acceptors (Lipinski definition) is 5. The molecule has 4 rings (SSSR count). The number of nitrogens with zero attached hydrogens (tertiary/aromatic N) is 4. The zero-order valence-corrected chi connectivity index (χ0v) is 17.2. The number of para-hydroxylation sites is 1. The summed E-state index contributed by atoms with van der Waals surface area (Å²) >= 11 is 0. The third-order valence-corrected chi connectivity index (χ3v) is 5.56. The first-order valence-electron chi connectivity index (χ1n) is 10.1. The number of aromatic nitrogens is 2. The van der Waals surface area contributed by atoms with E-state index in [1.165, 1.54) is 6.07 Å². The van der Waals surface area contributed by atoms with E-state index < -0.39 is 5.82 Å². The Morgan fingerprint density at radius 1 is 1.17 bits per heavy atom. The molecule has 30 heavy (non-hydrogen) atoms. The van der Waals surface area contributed by atoms with Gasteiger partial charge in [-0.1, -0.05) is 24.3 Å². The summed E-state index contributed by atoms with van der Waals surface area (Å²) in [5, 5.41) is 7.73. The van der Waals surface area contributed by atoms with E-state index in [1.54, 1.807) is 24.0 Å². The number of amides is 1. The first kappa shape index (κ1) is 20.2. The maximum atomic E-state index is 14.9. The van der Waals surface area contributed by atoms with E-state index in [0.717, 1.165) is 31.6 Å². The van der Waals surface area contributed by atoms with Crippen molar-refractivity contribution in [2.75, 3.05) is 25.0 Å². The predicted octanol–water partition coefficient (Wildman–Crippen LogP) is 4.06. The van der Waals surface area contributed by atoms with E-state index in [0.29, 0.717) is 17.0 Å². The van der Waals surface area contributed by atoms with E-state index in [2.05, 4.69) is 22.1 Å². The Morgan fingerprint density at radius 2 is 1.90 bits per heavy atom. The van der Waals surface area contributed by atoms with Crippen molar-refractivity contribution in [2.45, 2.75) is 26.3 Å². The van der Waals surface area contributed by atoms with Crippen molar-refractivity contribution < 1.29 is 13.6 Å². The quantitative estimate of drug-likeness (QED) is 0.637. The van der Waals surface area contributed by atoms with Crippen molar-refractivity contribution >= 4 is 11.6 Å². The molecule has 1 aliphatic rings. The topological polar surface area (TPSA) is 62.5 Å². The zero-order valence-electron chi connectivity index (χ0n) is 17.2. The molecule has 0 atom stereocenters. The van der Waals surface area contributed by atoms with Crippen molar-refractivity contribution in [3.8, 4) is 11.5 Å². The summed E-state index contributed by atoms with van der Waals surface area (Å²) < 4.78 is 20.3. The third-order valence-electron chi connectivity index (χ3n) is 5.56. The number of hydrogen-bond donors (Lipinski definition) is 0. The molecular formula is C23H25FN4O2. The van der Waals surface area contributed by atoms with Gasteiger partial charge in [-0.05, 0) is 57.2 Å². The summed E-state index contributed by atoms with van der Waals surface area (Å²) in [7, 11) is 2.07. The van der Waals surface area contributed by atoms with Gasteiger partial charge in [-0.3, -0.25) is 4.79 Å². The maximum absolute atomic E-state index is 14.9. The van der Waals surface area contributed by atoms with Crippen molar-refractivity contribution in [3.05, 3.63) is 65.8 Å². The Hall–Kier alpha value is -3.06. The lowest BCUT2D eigenvalue weighted by Crippen LogP contribution is -2.41. The van der Waals surface area contributed by atoms with Crippen molar-refractivity contribution in [2.24, 2.45) is 5.92 Å². The number of carbonyl (C=O) groups excluding carboxylic acids is 1. The molecule has 1 amide bonds. The molecule has 6 nitrogen and oxygen atoms in total. The van der Waals surface area contributed by atoms with Gasteiger partial charge in [0.2, 0.25) is 17.7 Å². The number of halogens is 1. The van der Waals surface area contributed by atoms with Crippen LogP contribution in [-0.4, -0.2) is 41.1 Å². The summed E-state index contributed by atoms with van der Waals surface area (Å²) in [5.74, 6) is 0.296. The molecule has 1 aliphatic heterocycles. The lowest BCUT2D eigenvalue weighted by molar-refractivity contribution is -0.123.